The standard InChI is InChI=1S/C16H15ClN2O4S/c1-8(2)14(20)19-16(24)18-11-7-9(17)3-4-10(11)12-5-6-13(23-12)15(21)22/h3-8H,1-2H3,(H,21,22)(H2,18,19,20,24). The Balaban J connectivity index is 2.29. The summed E-state index contributed by atoms with van der Waals surface area (Å²) in [6, 6.07) is 7.80. The molecular formula is C16H15ClN2O4S. The molecule has 0 fully saturated rings. The number of carbonyl (C=O) groups excluding carboxylic acids is 1. The van der Waals surface area contributed by atoms with Crippen LogP contribution in [0.1, 0.15) is 24.4 Å². The number of hydrogen-bond donors (Lipinski definition) is 3. The van der Waals surface area contributed by atoms with Crippen LogP contribution in [0.4, 0.5) is 5.69 Å². The monoisotopic (exact) mass is 366 g/mol. The van der Waals surface area contributed by atoms with E-state index in [9.17, 15) is 9.59 Å². The molecule has 0 saturated carbocycles. The van der Waals surface area contributed by atoms with Crippen LogP contribution in [0.3, 0.4) is 0 Å². The smallest absolute Gasteiger partial charge is 0.371 e. The van der Waals surface area contributed by atoms with Crippen molar-refractivity contribution in [2.45, 2.75) is 13.8 Å². The van der Waals surface area contributed by atoms with Gasteiger partial charge in [0, 0.05) is 16.5 Å². The van der Waals surface area contributed by atoms with Crippen molar-refractivity contribution in [3.63, 3.8) is 0 Å². The van der Waals surface area contributed by atoms with Crippen LogP contribution in [0.2, 0.25) is 5.02 Å². The second-order valence-corrected chi connectivity index (χ2v) is 6.10. The zero-order chi connectivity index (χ0) is 17.9. The van der Waals surface area contributed by atoms with Gasteiger partial charge in [-0.2, -0.15) is 0 Å². The minimum Gasteiger partial charge on any atom is -0.475 e. The number of benzene rings is 1. The van der Waals surface area contributed by atoms with Crippen molar-refractivity contribution >= 4 is 46.5 Å². The first-order valence-electron chi connectivity index (χ1n) is 7.03. The molecule has 6 nitrogen and oxygen atoms in total. The number of rotatable bonds is 4. The number of carbonyl (C=O) groups is 2. The highest BCUT2D eigenvalue weighted by atomic mass is 35.5. The van der Waals surface area contributed by atoms with Crippen molar-refractivity contribution in [3.8, 4) is 11.3 Å². The molecule has 1 amide bonds. The van der Waals surface area contributed by atoms with Gasteiger partial charge >= 0.3 is 5.97 Å². The van der Waals surface area contributed by atoms with E-state index in [4.69, 9.17) is 33.3 Å². The summed E-state index contributed by atoms with van der Waals surface area (Å²) in [5, 5.41) is 15.0. The fourth-order valence-corrected chi connectivity index (χ4v) is 2.22. The highest BCUT2D eigenvalue weighted by Gasteiger charge is 2.15. The molecular weight excluding hydrogens is 352 g/mol. The van der Waals surface area contributed by atoms with E-state index in [-0.39, 0.29) is 22.7 Å². The highest BCUT2D eigenvalue weighted by molar-refractivity contribution is 7.80. The minimum absolute atomic E-state index is 0.113. The SMILES string of the molecule is CC(C)C(=O)NC(=S)Nc1cc(Cl)ccc1-c1ccc(C(=O)O)o1. The fraction of sp³-hybridized carbons (Fsp3) is 0.188. The van der Waals surface area contributed by atoms with Crippen molar-refractivity contribution in [1.29, 1.82) is 0 Å². The van der Waals surface area contributed by atoms with Crippen LogP contribution < -0.4 is 10.6 Å². The van der Waals surface area contributed by atoms with Crippen molar-refractivity contribution in [2.75, 3.05) is 5.32 Å². The quantitative estimate of drug-likeness (QED) is 0.713. The molecule has 1 aromatic carbocycles. The Hall–Kier alpha value is -2.38. The molecule has 3 N–H and O–H groups in total. The summed E-state index contributed by atoms with van der Waals surface area (Å²) >= 11 is 11.1. The lowest BCUT2D eigenvalue weighted by Gasteiger charge is -2.14. The van der Waals surface area contributed by atoms with Gasteiger partial charge in [0.05, 0.1) is 5.69 Å². The van der Waals surface area contributed by atoms with E-state index in [1.165, 1.54) is 12.1 Å². The molecule has 0 bridgehead atoms. The lowest BCUT2D eigenvalue weighted by atomic mass is 10.1. The lowest BCUT2D eigenvalue weighted by molar-refractivity contribution is -0.122. The summed E-state index contributed by atoms with van der Waals surface area (Å²) < 4.78 is 5.30. The van der Waals surface area contributed by atoms with Gasteiger partial charge in [-0.3, -0.25) is 4.79 Å². The first-order valence-corrected chi connectivity index (χ1v) is 7.81. The average Bonchev–Trinajstić information content (AvgIpc) is 2.97. The number of furan rings is 1. The van der Waals surface area contributed by atoms with E-state index in [1.807, 2.05) is 0 Å². The summed E-state index contributed by atoms with van der Waals surface area (Å²) in [6.07, 6.45) is 0. The zero-order valence-corrected chi connectivity index (χ0v) is 14.5. The van der Waals surface area contributed by atoms with Crippen LogP contribution in [0.15, 0.2) is 34.7 Å². The predicted octanol–water partition coefficient (Wildman–Crippen LogP) is 3.77. The number of carboxylic acid groups (broad SMARTS) is 1. The van der Waals surface area contributed by atoms with Crippen LogP contribution in [-0.2, 0) is 4.79 Å². The molecule has 126 valence electrons. The average molecular weight is 367 g/mol. The van der Waals surface area contributed by atoms with Crippen LogP contribution in [0.5, 0.6) is 0 Å². The summed E-state index contributed by atoms with van der Waals surface area (Å²) in [4.78, 5) is 22.6. The maximum absolute atomic E-state index is 11.7. The number of hydrogen-bond acceptors (Lipinski definition) is 4. The Morgan fingerprint density at radius 2 is 1.96 bits per heavy atom. The van der Waals surface area contributed by atoms with E-state index >= 15 is 0 Å². The molecule has 8 heteroatoms. The number of anilines is 1. The molecule has 0 aliphatic rings. The largest absolute Gasteiger partial charge is 0.475 e. The Labute approximate surface area is 148 Å². The van der Waals surface area contributed by atoms with Crippen LogP contribution >= 0.6 is 23.8 Å². The van der Waals surface area contributed by atoms with E-state index in [0.29, 0.717) is 22.0 Å². The van der Waals surface area contributed by atoms with Crippen molar-refractivity contribution < 1.29 is 19.1 Å². The van der Waals surface area contributed by atoms with E-state index in [2.05, 4.69) is 10.6 Å². The fourth-order valence-electron chi connectivity index (χ4n) is 1.84. The van der Waals surface area contributed by atoms with E-state index in [1.54, 1.807) is 32.0 Å². The maximum atomic E-state index is 11.7. The third-order valence-electron chi connectivity index (χ3n) is 3.07. The number of amides is 1. The number of nitrogens with one attached hydrogen (secondary N) is 2. The molecule has 0 radical (unpaired) electrons. The first-order chi connectivity index (χ1) is 11.3. The predicted molar refractivity (Wildman–Crippen MR) is 95.3 cm³/mol. The molecule has 1 aromatic heterocycles. The molecule has 0 aliphatic heterocycles. The Bertz CT molecular complexity index is 801. The molecule has 2 aromatic rings. The number of carboxylic acids is 1. The molecule has 0 atom stereocenters. The molecule has 0 aliphatic carbocycles. The molecule has 1 heterocycles. The second kappa shape index (κ2) is 7.46. The molecule has 0 saturated heterocycles. The van der Waals surface area contributed by atoms with Gasteiger partial charge < -0.3 is 20.2 Å². The van der Waals surface area contributed by atoms with Crippen LogP contribution in [-0.4, -0.2) is 22.1 Å². The molecule has 24 heavy (non-hydrogen) atoms. The molecule has 0 spiro atoms. The van der Waals surface area contributed by atoms with Gasteiger partial charge in [-0.15, -0.1) is 0 Å². The topological polar surface area (TPSA) is 91.6 Å². The van der Waals surface area contributed by atoms with Crippen molar-refractivity contribution in [1.82, 2.24) is 5.32 Å². The van der Waals surface area contributed by atoms with Gasteiger partial charge in [0.25, 0.3) is 0 Å². The summed E-state index contributed by atoms with van der Waals surface area (Å²) in [6.45, 7) is 3.50. The lowest BCUT2D eigenvalue weighted by Crippen LogP contribution is -2.36. The van der Waals surface area contributed by atoms with Crippen molar-refractivity contribution in [3.05, 3.63) is 41.1 Å². The Morgan fingerprint density at radius 1 is 1.25 bits per heavy atom. The van der Waals surface area contributed by atoms with E-state index < -0.39 is 5.97 Å². The zero-order valence-electron chi connectivity index (χ0n) is 12.9. The Morgan fingerprint density at radius 3 is 2.54 bits per heavy atom. The Kier molecular flexibility index (Phi) is 5.58. The number of thiocarbonyl (C=S) groups is 1. The van der Waals surface area contributed by atoms with Gasteiger partial charge in [0.15, 0.2) is 5.11 Å². The van der Waals surface area contributed by atoms with Crippen molar-refractivity contribution in [2.24, 2.45) is 5.92 Å². The van der Waals surface area contributed by atoms with Gasteiger partial charge in [-0.1, -0.05) is 25.4 Å². The number of halogens is 1. The van der Waals surface area contributed by atoms with Gasteiger partial charge in [-0.05, 0) is 42.5 Å². The molecule has 0 unspecified atom stereocenters. The van der Waals surface area contributed by atoms with Crippen LogP contribution in [0.25, 0.3) is 11.3 Å². The second-order valence-electron chi connectivity index (χ2n) is 5.26. The van der Waals surface area contributed by atoms with Gasteiger partial charge in [0.1, 0.15) is 5.76 Å². The number of aromatic carboxylic acids is 1. The highest BCUT2D eigenvalue weighted by Crippen LogP contribution is 2.32. The maximum Gasteiger partial charge on any atom is 0.371 e. The summed E-state index contributed by atoms with van der Waals surface area (Å²) in [7, 11) is 0. The van der Waals surface area contributed by atoms with Crippen LogP contribution in [0, 0.1) is 5.92 Å². The van der Waals surface area contributed by atoms with Gasteiger partial charge in [0.2, 0.25) is 11.7 Å². The van der Waals surface area contributed by atoms with E-state index in [0.717, 1.165) is 0 Å². The van der Waals surface area contributed by atoms with Gasteiger partial charge in [-0.25, -0.2) is 4.79 Å². The third kappa shape index (κ3) is 4.33. The summed E-state index contributed by atoms with van der Waals surface area (Å²) in [5.74, 6) is -1.44. The molecule has 2 rings (SSSR count). The third-order valence-corrected chi connectivity index (χ3v) is 3.51. The normalized spacial score (nSPS) is 10.5. The summed E-state index contributed by atoms with van der Waals surface area (Å²) in [5.41, 5.74) is 1.05. The first kappa shape index (κ1) is 18.0. The minimum atomic E-state index is -1.16.